The number of aryl methyl sites for hydroxylation is 3. The highest BCUT2D eigenvalue weighted by Gasteiger charge is 2.26. The number of nitrogens with zero attached hydrogens (tertiary/aromatic N) is 4. The van der Waals surface area contributed by atoms with Gasteiger partial charge in [-0.15, -0.1) is 11.3 Å². The Morgan fingerprint density at radius 1 is 0.970 bits per heavy atom. The lowest BCUT2D eigenvalue weighted by Gasteiger charge is -2.36. The summed E-state index contributed by atoms with van der Waals surface area (Å²) in [6, 6.07) is 0. The van der Waals surface area contributed by atoms with Crippen molar-refractivity contribution in [3.05, 3.63) is 26.6 Å². The predicted octanol–water partition coefficient (Wildman–Crippen LogP) is 0.799. The van der Waals surface area contributed by atoms with Gasteiger partial charge in [0.05, 0.1) is 25.1 Å². The van der Waals surface area contributed by atoms with E-state index in [9.17, 15) is 14.4 Å². The molecule has 10 heteroatoms. The Kier molecular flexibility index (Phi) is 6.75. The minimum absolute atomic E-state index is 0.0449. The molecule has 2 fully saturated rings. The van der Waals surface area contributed by atoms with Gasteiger partial charge in [0.1, 0.15) is 10.7 Å². The second-order valence-electron chi connectivity index (χ2n) is 9.05. The number of carbonyl (C=O) groups excluding carboxylic acids is 2. The molecule has 0 spiro atoms. The van der Waals surface area contributed by atoms with Crippen LogP contribution in [0.1, 0.15) is 35.5 Å². The molecule has 0 atom stereocenters. The number of aromatic nitrogens is 2. The number of morpholine rings is 1. The summed E-state index contributed by atoms with van der Waals surface area (Å²) in [7, 11) is 0. The van der Waals surface area contributed by atoms with Crippen LogP contribution in [-0.4, -0.2) is 95.5 Å². The number of hydrogen-bond donors (Lipinski definition) is 1. The van der Waals surface area contributed by atoms with E-state index in [0.717, 1.165) is 42.6 Å². The van der Waals surface area contributed by atoms with Crippen LogP contribution in [0.5, 0.6) is 0 Å². The molecule has 3 aliphatic rings. The molecule has 0 radical (unpaired) electrons. The van der Waals surface area contributed by atoms with Gasteiger partial charge in [0, 0.05) is 57.0 Å². The van der Waals surface area contributed by atoms with Crippen molar-refractivity contribution in [2.24, 2.45) is 0 Å². The first-order valence-electron chi connectivity index (χ1n) is 12.0. The van der Waals surface area contributed by atoms with E-state index in [1.165, 1.54) is 16.9 Å². The lowest BCUT2D eigenvalue weighted by atomic mass is 9.97. The van der Waals surface area contributed by atoms with Gasteiger partial charge in [-0.05, 0) is 31.2 Å². The summed E-state index contributed by atoms with van der Waals surface area (Å²) in [4.78, 5) is 53.5. The van der Waals surface area contributed by atoms with Crippen molar-refractivity contribution < 1.29 is 14.3 Å². The van der Waals surface area contributed by atoms with E-state index in [1.807, 2.05) is 9.80 Å². The molecule has 0 unspecified atom stereocenters. The highest BCUT2D eigenvalue weighted by Crippen LogP contribution is 2.33. The van der Waals surface area contributed by atoms with Crippen LogP contribution in [0.15, 0.2) is 4.79 Å². The fraction of sp³-hybridized carbons (Fsp3) is 0.652. The van der Waals surface area contributed by atoms with Gasteiger partial charge in [-0.1, -0.05) is 0 Å². The molecule has 1 N–H and O–H groups in total. The molecule has 2 aromatic heterocycles. The summed E-state index contributed by atoms with van der Waals surface area (Å²) >= 11 is 1.63. The van der Waals surface area contributed by atoms with E-state index in [2.05, 4.69) is 14.9 Å². The third-order valence-corrected chi connectivity index (χ3v) is 8.08. The number of amides is 2. The molecular formula is C23H31N5O4S. The van der Waals surface area contributed by atoms with Crippen molar-refractivity contribution in [3.8, 4) is 0 Å². The zero-order valence-electron chi connectivity index (χ0n) is 18.9. The van der Waals surface area contributed by atoms with Gasteiger partial charge in [-0.25, -0.2) is 4.98 Å². The standard InChI is InChI=1S/C23H31N5O4S/c29-19(27-7-9-28(10-8-27)20(30)15-26-11-13-32-14-12-26)6-5-18-24-22(31)21-16-3-1-2-4-17(16)33-23(21)25-18/h1-15H2,(H,24,25,31). The molecule has 0 aromatic carbocycles. The summed E-state index contributed by atoms with van der Waals surface area (Å²) in [6.45, 7) is 5.59. The van der Waals surface area contributed by atoms with E-state index in [-0.39, 0.29) is 17.4 Å². The van der Waals surface area contributed by atoms with Crippen molar-refractivity contribution >= 4 is 33.4 Å². The normalized spacial score (nSPS) is 19.6. The van der Waals surface area contributed by atoms with Crippen LogP contribution in [0.4, 0.5) is 0 Å². The third-order valence-electron chi connectivity index (χ3n) is 6.90. The van der Waals surface area contributed by atoms with Gasteiger partial charge in [0.25, 0.3) is 5.56 Å². The summed E-state index contributed by atoms with van der Waals surface area (Å²) in [5.41, 5.74) is 1.10. The van der Waals surface area contributed by atoms with Gasteiger partial charge >= 0.3 is 0 Å². The summed E-state index contributed by atoms with van der Waals surface area (Å²) in [6.07, 6.45) is 5.01. The predicted molar refractivity (Wildman–Crippen MR) is 126 cm³/mol. The molecule has 2 aliphatic heterocycles. The third kappa shape index (κ3) is 4.97. The Bertz CT molecular complexity index is 1080. The van der Waals surface area contributed by atoms with Gasteiger partial charge in [-0.2, -0.15) is 0 Å². The largest absolute Gasteiger partial charge is 0.379 e. The summed E-state index contributed by atoms with van der Waals surface area (Å²) < 4.78 is 5.33. The molecule has 4 heterocycles. The maximum absolute atomic E-state index is 12.8. The number of H-pyrrole nitrogens is 1. The molecule has 5 rings (SSSR count). The minimum Gasteiger partial charge on any atom is -0.379 e. The van der Waals surface area contributed by atoms with Crippen LogP contribution in [0.25, 0.3) is 10.2 Å². The fourth-order valence-corrected chi connectivity index (χ4v) is 6.25. The summed E-state index contributed by atoms with van der Waals surface area (Å²) in [5, 5.41) is 0.752. The molecule has 0 saturated carbocycles. The van der Waals surface area contributed by atoms with Crippen molar-refractivity contribution in [2.45, 2.75) is 38.5 Å². The van der Waals surface area contributed by atoms with E-state index in [4.69, 9.17) is 4.74 Å². The van der Waals surface area contributed by atoms with E-state index < -0.39 is 0 Å². The molecule has 2 aromatic rings. The number of hydrogen-bond acceptors (Lipinski definition) is 7. The van der Waals surface area contributed by atoms with Crippen LogP contribution in [0, 0.1) is 0 Å². The maximum atomic E-state index is 12.8. The topological polar surface area (TPSA) is 98.8 Å². The second-order valence-corrected chi connectivity index (χ2v) is 10.1. The van der Waals surface area contributed by atoms with Crippen molar-refractivity contribution in [1.82, 2.24) is 24.7 Å². The number of carbonyl (C=O) groups is 2. The Labute approximate surface area is 196 Å². The molecule has 0 bridgehead atoms. The number of fused-ring (bicyclic) bond motifs is 3. The van der Waals surface area contributed by atoms with Crippen LogP contribution in [-0.2, 0) is 33.6 Å². The van der Waals surface area contributed by atoms with Crippen LogP contribution < -0.4 is 5.56 Å². The van der Waals surface area contributed by atoms with Gasteiger partial charge < -0.3 is 19.5 Å². The molecule has 2 amide bonds. The van der Waals surface area contributed by atoms with Gasteiger partial charge in [0.2, 0.25) is 11.8 Å². The summed E-state index contributed by atoms with van der Waals surface area (Å²) in [5.74, 6) is 0.750. The maximum Gasteiger partial charge on any atom is 0.259 e. The Morgan fingerprint density at radius 3 is 2.42 bits per heavy atom. The van der Waals surface area contributed by atoms with Gasteiger partial charge in [0.15, 0.2) is 0 Å². The van der Waals surface area contributed by atoms with Crippen LogP contribution in [0.3, 0.4) is 0 Å². The molecular weight excluding hydrogens is 442 g/mol. The quantitative estimate of drug-likeness (QED) is 0.690. The zero-order chi connectivity index (χ0) is 22.8. The number of ether oxygens (including phenoxy) is 1. The molecule has 9 nitrogen and oxygen atoms in total. The highest BCUT2D eigenvalue weighted by molar-refractivity contribution is 7.18. The average Bonchev–Trinajstić information content (AvgIpc) is 3.22. The number of thiophene rings is 1. The molecule has 33 heavy (non-hydrogen) atoms. The van der Waals surface area contributed by atoms with E-state index in [1.54, 1.807) is 11.3 Å². The Balaban J connectivity index is 1.13. The minimum atomic E-state index is -0.0748. The molecule has 178 valence electrons. The zero-order valence-corrected chi connectivity index (χ0v) is 19.8. The average molecular weight is 474 g/mol. The van der Waals surface area contributed by atoms with Crippen molar-refractivity contribution in [2.75, 3.05) is 59.0 Å². The second kappa shape index (κ2) is 9.90. The SMILES string of the molecule is O=C(CCc1nc2sc3c(c2c(=O)[nH]1)CCCC3)N1CCN(C(=O)CN2CCOCC2)CC1. The molecule has 1 aliphatic carbocycles. The fourth-order valence-electron chi connectivity index (χ4n) is 4.97. The van der Waals surface area contributed by atoms with Gasteiger partial charge in [-0.3, -0.25) is 19.3 Å². The Morgan fingerprint density at radius 2 is 1.67 bits per heavy atom. The first-order valence-corrected chi connectivity index (χ1v) is 12.8. The van der Waals surface area contributed by atoms with Crippen molar-refractivity contribution in [3.63, 3.8) is 0 Å². The van der Waals surface area contributed by atoms with Crippen LogP contribution >= 0.6 is 11.3 Å². The first-order chi connectivity index (χ1) is 16.1. The monoisotopic (exact) mass is 473 g/mol. The smallest absolute Gasteiger partial charge is 0.259 e. The lowest BCUT2D eigenvalue weighted by Crippen LogP contribution is -2.53. The highest BCUT2D eigenvalue weighted by atomic mass is 32.1. The van der Waals surface area contributed by atoms with E-state index in [0.29, 0.717) is 64.6 Å². The van der Waals surface area contributed by atoms with Crippen LogP contribution in [0.2, 0.25) is 0 Å². The Hall–Kier alpha value is -2.30. The number of piperazine rings is 1. The van der Waals surface area contributed by atoms with E-state index >= 15 is 0 Å². The lowest BCUT2D eigenvalue weighted by molar-refractivity contribution is -0.140. The van der Waals surface area contributed by atoms with Crippen molar-refractivity contribution in [1.29, 1.82) is 0 Å². The first kappa shape index (κ1) is 22.5. The number of aromatic amines is 1. The molecule has 2 saturated heterocycles. The number of rotatable bonds is 5. The number of nitrogens with one attached hydrogen (secondary N) is 1.